The highest BCUT2D eigenvalue weighted by Crippen LogP contribution is 1.98. The summed E-state index contributed by atoms with van der Waals surface area (Å²) in [6.45, 7) is 1.01. The van der Waals surface area contributed by atoms with E-state index < -0.39 is 6.09 Å². The number of carbonyl (C=O) groups excluding carboxylic acids is 2. The first-order chi connectivity index (χ1) is 10.2. The van der Waals surface area contributed by atoms with Crippen molar-refractivity contribution in [1.29, 1.82) is 0 Å². The minimum Gasteiger partial charge on any atom is -0.447 e. The molecule has 0 fully saturated rings. The smallest absolute Gasteiger partial charge is 0.407 e. The number of rotatable bonds is 13. The summed E-state index contributed by atoms with van der Waals surface area (Å²) < 4.78 is 9.50. The Morgan fingerprint density at radius 3 is 2.10 bits per heavy atom. The average Bonchev–Trinajstić information content (AvgIpc) is 2.48. The molecule has 0 spiro atoms. The first-order valence-electron chi connectivity index (χ1n) is 7.17. The fourth-order valence-corrected chi connectivity index (χ4v) is 1.49. The van der Waals surface area contributed by atoms with Crippen molar-refractivity contribution >= 4 is 12.0 Å². The van der Waals surface area contributed by atoms with Crippen LogP contribution in [-0.2, 0) is 14.3 Å². The van der Waals surface area contributed by atoms with Gasteiger partial charge in [0.05, 0.1) is 19.8 Å². The number of nitrogens with one attached hydrogen (secondary N) is 2. The number of aliphatic hydroxyl groups excluding tert-OH is 2. The van der Waals surface area contributed by atoms with E-state index in [1.165, 1.54) is 0 Å². The lowest BCUT2D eigenvalue weighted by molar-refractivity contribution is -0.125. The van der Waals surface area contributed by atoms with E-state index >= 15 is 0 Å². The van der Waals surface area contributed by atoms with Crippen LogP contribution in [0.15, 0.2) is 0 Å². The molecule has 0 heterocycles. The lowest BCUT2D eigenvalue weighted by Crippen LogP contribution is -2.29. The number of ether oxygens (including phenoxy) is 2. The van der Waals surface area contributed by atoms with E-state index in [1.807, 2.05) is 0 Å². The quantitative estimate of drug-likeness (QED) is 0.337. The monoisotopic (exact) mass is 306 g/mol. The van der Waals surface area contributed by atoms with Crippen molar-refractivity contribution in [2.45, 2.75) is 25.7 Å². The molecule has 0 aromatic rings. The summed E-state index contributed by atoms with van der Waals surface area (Å²) in [6, 6.07) is 0. The van der Waals surface area contributed by atoms with Crippen LogP contribution in [0, 0.1) is 0 Å². The van der Waals surface area contributed by atoms with Crippen molar-refractivity contribution in [3.05, 3.63) is 0 Å². The number of carbonyl (C=O) groups is 2. The Balaban J connectivity index is 3.21. The zero-order valence-corrected chi connectivity index (χ0v) is 12.3. The molecule has 8 nitrogen and oxygen atoms in total. The molecule has 0 unspecified atom stereocenters. The largest absolute Gasteiger partial charge is 0.447 e. The van der Waals surface area contributed by atoms with E-state index in [0.717, 1.165) is 25.7 Å². The number of aliphatic hydroxyl groups is 2. The van der Waals surface area contributed by atoms with E-state index in [2.05, 4.69) is 15.4 Å². The summed E-state index contributed by atoms with van der Waals surface area (Å²) in [4.78, 5) is 22.2. The van der Waals surface area contributed by atoms with Crippen LogP contribution in [0.5, 0.6) is 0 Å². The average molecular weight is 306 g/mol. The Kier molecular flexibility index (Phi) is 14.0. The first kappa shape index (κ1) is 19.6. The van der Waals surface area contributed by atoms with E-state index in [1.54, 1.807) is 0 Å². The molecule has 0 aliphatic rings. The molecular weight excluding hydrogens is 280 g/mol. The van der Waals surface area contributed by atoms with E-state index in [0.29, 0.717) is 13.1 Å². The fraction of sp³-hybridized carbons (Fsp3) is 0.846. The third-order valence-corrected chi connectivity index (χ3v) is 2.49. The zero-order chi connectivity index (χ0) is 15.8. The molecule has 0 aromatic heterocycles. The standard InChI is InChI=1S/C13H26N2O6/c16-7-9-20-11-12(18)14-5-3-1-2-4-6-15-13(19)21-10-8-17/h16-17H,1-11H2,(H,14,18)(H,15,19). The van der Waals surface area contributed by atoms with Gasteiger partial charge in [-0.15, -0.1) is 0 Å². The number of hydrogen-bond donors (Lipinski definition) is 4. The van der Waals surface area contributed by atoms with Crippen molar-refractivity contribution in [1.82, 2.24) is 10.6 Å². The predicted octanol–water partition coefficient (Wildman–Crippen LogP) is -0.610. The Hall–Kier alpha value is -1.38. The third-order valence-electron chi connectivity index (χ3n) is 2.49. The van der Waals surface area contributed by atoms with Gasteiger partial charge in [-0.25, -0.2) is 4.79 Å². The molecular formula is C13H26N2O6. The highest BCUT2D eigenvalue weighted by Gasteiger charge is 2.01. The summed E-state index contributed by atoms with van der Waals surface area (Å²) in [5.74, 6) is -0.184. The van der Waals surface area contributed by atoms with E-state index in [4.69, 9.17) is 14.9 Å². The lowest BCUT2D eigenvalue weighted by Gasteiger charge is -2.07. The Bertz CT molecular complexity index is 275. The zero-order valence-electron chi connectivity index (χ0n) is 12.3. The van der Waals surface area contributed by atoms with Crippen LogP contribution in [0.4, 0.5) is 4.79 Å². The summed E-state index contributed by atoms with van der Waals surface area (Å²) >= 11 is 0. The van der Waals surface area contributed by atoms with Crippen LogP contribution in [0.2, 0.25) is 0 Å². The van der Waals surface area contributed by atoms with Crippen molar-refractivity contribution in [2.75, 3.05) is 46.1 Å². The number of alkyl carbamates (subject to hydrolysis) is 1. The summed E-state index contributed by atoms with van der Waals surface area (Å²) in [5.41, 5.74) is 0. The van der Waals surface area contributed by atoms with Gasteiger partial charge >= 0.3 is 6.09 Å². The predicted molar refractivity (Wildman–Crippen MR) is 75.8 cm³/mol. The van der Waals surface area contributed by atoms with Crippen LogP contribution in [0.25, 0.3) is 0 Å². The molecule has 0 bridgehead atoms. The van der Waals surface area contributed by atoms with E-state index in [9.17, 15) is 9.59 Å². The normalized spacial score (nSPS) is 10.2. The van der Waals surface area contributed by atoms with Crippen LogP contribution in [0.1, 0.15) is 25.7 Å². The Morgan fingerprint density at radius 2 is 1.48 bits per heavy atom. The lowest BCUT2D eigenvalue weighted by atomic mass is 10.2. The van der Waals surface area contributed by atoms with Crippen LogP contribution in [0.3, 0.4) is 0 Å². The van der Waals surface area contributed by atoms with Gasteiger partial charge in [0, 0.05) is 13.1 Å². The molecule has 2 amide bonds. The fourth-order valence-electron chi connectivity index (χ4n) is 1.49. The number of unbranched alkanes of at least 4 members (excludes halogenated alkanes) is 3. The summed E-state index contributed by atoms with van der Waals surface area (Å²) in [5, 5.41) is 22.2. The highest BCUT2D eigenvalue weighted by atomic mass is 16.6. The molecule has 0 saturated carbocycles. The molecule has 0 rings (SSSR count). The molecule has 0 saturated heterocycles. The van der Waals surface area contributed by atoms with Crippen LogP contribution < -0.4 is 10.6 Å². The van der Waals surface area contributed by atoms with Gasteiger partial charge in [-0.2, -0.15) is 0 Å². The summed E-state index contributed by atoms with van der Waals surface area (Å²) in [7, 11) is 0. The van der Waals surface area contributed by atoms with Gasteiger partial charge in [0.1, 0.15) is 13.2 Å². The van der Waals surface area contributed by atoms with Crippen LogP contribution >= 0.6 is 0 Å². The molecule has 0 aliphatic heterocycles. The molecule has 0 aliphatic carbocycles. The molecule has 0 aromatic carbocycles. The maximum Gasteiger partial charge on any atom is 0.407 e. The third kappa shape index (κ3) is 14.8. The minimum absolute atomic E-state index is 0.00749. The molecule has 8 heteroatoms. The molecule has 0 radical (unpaired) electrons. The van der Waals surface area contributed by atoms with Crippen LogP contribution in [-0.4, -0.2) is 68.3 Å². The number of amides is 2. The van der Waals surface area contributed by atoms with Gasteiger partial charge in [-0.1, -0.05) is 12.8 Å². The first-order valence-corrected chi connectivity index (χ1v) is 7.17. The maximum atomic E-state index is 11.2. The topological polar surface area (TPSA) is 117 Å². The van der Waals surface area contributed by atoms with Gasteiger partial charge in [-0.3, -0.25) is 4.79 Å². The summed E-state index contributed by atoms with van der Waals surface area (Å²) in [6.07, 6.45) is 3.07. The number of hydrogen-bond acceptors (Lipinski definition) is 6. The molecule has 124 valence electrons. The van der Waals surface area contributed by atoms with Crippen molar-refractivity contribution in [3.8, 4) is 0 Å². The van der Waals surface area contributed by atoms with E-state index in [-0.39, 0.29) is 38.9 Å². The van der Waals surface area contributed by atoms with Gasteiger partial charge in [-0.05, 0) is 12.8 Å². The second-order valence-corrected chi connectivity index (χ2v) is 4.33. The second-order valence-electron chi connectivity index (χ2n) is 4.33. The van der Waals surface area contributed by atoms with Crippen molar-refractivity contribution in [3.63, 3.8) is 0 Å². The SMILES string of the molecule is O=C(COCCO)NCCCCCCNC(=O)OCCO. The minimum atomic E-state index is -0.515. The molecule has 21 heavy (non-hydrogen) atoms. The van der Waals surface area contributed by atoms with Gasteiger partial charge in [0.15, 0.2) is 0 Å². The van der Waals surface area contributed by atoms with Crippen molar-refractivity contribution in [2.24, 2.45) is 0 Å². The molecule has 0 atom stereocenters. The van der Waals surface area contributed by atoms with Gasteiger partial charge < -0.3 is 30.3 Å². The maximum absolute atomic E-state index is 11.2. The van der Waals surface area contributed by atoms with Gasteiger partial charge in [0.25, 0.3) is 0 Å². The van der Waals surface area contributed by atoms with Gasteiger partial charge in [0.2, 0.25) is 5.91 Å². The Labute approximate surface area is 124 Å². The Morgan fingerprint density at radius 1 is 0.857 bits per heavy atom. The van der Waals surface area contributed by atoms with Crippen molar-refractivity contribution < 1.29 is 29.3 Å². The second kappa shape index (κ2) is 15.0. The highest BCUT2D eigenvalue weighted by molar-refractivity contribution is 5.77. The molecule has 4 N–H and O–H groups in total.